The molecule has 0 saturated heterocycles. The maximum absolute atomic E-state index is 12.6. The minimum atomic E-state index is -0.951. The van der Waals surface area contributed by atoms with Crippen LogP contribution in [-0.4, -0.2) is 23.7 Å². The summed E-state index contributed by atoms with van der Waals surface area (Å²) in [6.07, 6.45) is 2.29. The zero-order valence-electron chi connectivity index (χ0n) is 13.5. The molecule has 4 rings (SSSR count). The van der Waals surface area contributed by atoms with Gasteiger partial charge in [0.2, 0.25) is 6.10 Å². The molecule has 25 heavy (non-hydrogen) atoms. The van der Waals surface area contributed by atoms with E-state index in [-0.39, 0.29) is 6.61 Å². The van der Waals surface area contributed by atoms with Crippen LogP contribution in [0.4, 0.5) is 0 Å². The second kappa shape index (κ2) is 6.05. The van der Waals surface area contributed by atoms with Gasteiger partial charge >= 0.3 is 11.6 Å². The summed E-state index contributed by atoms with van der Waals surface area (Å²) < 4.78 is 16.5. The van der Waals surface area contributed by atoms with Gasteiger partial charge in [0.15, 0.2) is 0 Å². The lowest BCUT2D eigenvalue weighted by atomic mass is 9.89. The predicted molar refractivity (Wildman–Crippen MR) is 89.6 cm³/mol. The number of aromatic nitrogens is 1. The summed E-state index contributed by atoms with van der Waals surface area (Å²) in [6, 6.07) is 10.6. The maximum atomic E-state index is 12.6. The number of fused-ring (bicyclic) bond motifs is 3. The van der Waals surface area contributed by atoms with Crippen molar-refractivity contribution in [1.29, 1.82) is 0 Å². The van der Waals surface area contributed by atoms with Gasteiger partial charge in [0.1, 0.15) is 11.3 Å². The van der Waals surface area contributed by atoms with Crippen LogP contribution in [0.5, 0.6) is 5.75 Å². The molecule has 0 amide bonds. The molecule has 0 N–H and O–H groups in total. The lowest BCUT2D eigenvalue weighted by Crippen LogP contribution is -2.32. The van der Waals surface area contributed by atoms with Crippen LogP contribution < -0.4 is 10.4 Å². The second-order valence-electron chi connectivity index (χ2n) is 5.68. The van der Waals surface area contributed by atoms with Gasteiger partial charge in [-0.3, -0.25) is 4.98 Å². The summed E-state index contributed by atoms with van der Waals surface area (Å²) in [7, 11) is 0. The van der Waals surface area contributed by atoms with Gasteiger partial charge in [-0.05, 0) is 30.7 Å². The highest BCUT2D eigenvalue weighted by molar-refractivity contribution is 5.88. The number of ether oxygens (including phenoxy) is 2. The fourth-order valence-electron chi connectivity index (χ4n) is 3.19. The molecule has 0 unspecified atom stereocenters. The Bertz CT molecular complexity index is 996. The minimum Gasteiger partial charge on any atom is -0.476 e. The van der Waals surface area contributed by atoms with Gasteiger partial charge in [-0.1, -0.05) is 18.2 Å². The summed E-state index contributed by atoms with van der Waals surface area (Å²) in [5.74, 6) is -0.765. The van der Waals surface area contributed by atoms with E-state index in [4.69, 9.17) is 13.9 Å². The average molecular weight is 337 g/mol. The highest BCUT2D eigenvalue weighted by Crippen LogP contribution is 2.44. The average Bonchev–Trinajstić information content (AvgIpc) is 3.04. The number of rotatable bonds is 3. The smallest absolute Gasteiger partial charge is 0.348 e. The first kappa shape index (κ1) is 15.4. The first-order valence-electron chi connectivity index (χ1n) is 7.99. The largest absolute Gasteiger partial charge is 0.476 e. The zero-order valence-corrected chi connectivity index (χ0v) is 13.5. The third kappa shape index (κ3) is 2.46. The number of hydrogen-bond donors (Lipinski definition) is 0. The summed E-state index contributed by atoms with van der Waals surface area (Å²) in [6.45, 7) is 1.95. The molecule has 6 heteroatoms. The molecule has 0 spiro atoms. The Morgan fingerprint density at radius 1 is 1.24 bits per heavy atom. The van der Waals surface area contributed by atoms with E-state index < -0.39 is 23.6 Å². The van der Waals surface area contributed by atoms with Crippen molar-refractivity contribution in [3.05, 3.63) is 70.3 Å². The van der Waals surface area contributed by atoms with Gasteiger partial charge in [0.25, 0.3) is 0 Å². The number of hydrogen-bond acceptors (Lipinski definition) is 6. The minimum absolute atomic E-state index is 0.226. The number of esters is 1. The standard InChI is InChI=1S/C19H15NO5/c1-2-23-19(22)17-14(11-6-5-9-20-10-11)15-16(25-17)12-7-3-4-8-13(12)24-18(15)21/h3-10,14,17H,2H2,1H3/t14-,17+/m1/s1. The van der Waals surface area contributed by atoms with Crippen LogP contribution in [-0.2, 0) is 9.53 Å². The monoisotopic (exact) mass is 337 g/mol. The summed E-state index contributed by atoms with van der Waals surface area (Å²) >= 11 is 0. The van der Waals surface area contributed by atoms with Crippen LogP contribution in [0.25, 0.3) is 11.0 Å². The van der Waals surface area contributed by atoms with E-state index in [1.165, 1.54) is 0 Å². The van der Waals surface area contributed by atoms with Crippen molar-refractivity contribution in [2.45, 2.75) is 18.9 Å². The molecule has 1 aliphatic rings. The Labute approximate surface area is 143 Å². The molecule has 0 radical (unpaired) electrons. The number of carbonyl (C=O) groups excluding carboxylic acids is 1. The fourth-order valence-corrected chi connectivity index (χ4v) is 3.19. The Balaban J connectivity index is 1.96. The number of para-hydroxylation sites is 1. The number of carbonyl (C=O) groups is 1. The molecule has 0 saturated carbocycles. The first-order chi connectivity index (χ1) is 12.2. The lowest BCUT2D eigenvalue weighted by molar-refractivity contribution is -0.151. The summed E-state index contributed by atoms with van der Waals surface area (Å²) in [4.78, 5) is 29.2. The van der Waals surface area contributed by atoms with E-state index in [0.29, 0.717) is 27.8 Å². The van der Waals surface area contributed by atoms with Crippen molar-refractivity contribution in [3.63, 3.8) is 0 Å². The van der Waals surface area contributed by atoms with Crippen LogP contribution >= 0.6 is 0 Å². The van der Waals surface area contributed by atoms with Gasteiger partial charge in [-0.25, -0.2) is 9.59 Å². The van der Waals surface area contributed by atoms with E-state index in [1.54, 1.807) is 49.6 Å². The van der Waals surface area contributed by atoms with Crippen molar-refractivity contribution in [2.24, 2.45) is 0 Å². The molecule has 3 heterocycles. The lowest BCUT2D eigenvalue weighted by Gasteiger charge is -2.17. The molecule has 0 fully saturated rings. The van der Waals surface area contributed by atoms with E-state index in [1.807, 2.05) is 6.07 Å². The highest BCUT2D eigenvalue weighted by atomic mass is 16.6. The van der Waals surface area contributed by atoms with Crippen molar-refractivity contribution in [1.82, 2.24) is 4.98 Å². The van der Waals surface area contributed by atoms with Crippen LogP contribution in [0.2, 0.25) is 0 Å². The van der Waals surface area contributed by atoms with Crippen molar-refractivity contribution < 1.29 is 18.7 Å². The van der Waals surface area contributed by atoms with Crippen LogP contribution in [0.1, 0.15) is 24.0 Å². The topological polar surface area (TPSA) is 78.6 Å². The predicted octanol–water partition coefficient (Wildman–Crippen LogP) is 2.64. The van der Waals surface area contributed by atoms with Crippen molar-refractivity contribution >= 4 is 16.9 Å². The van der Waals surface area contributed by atoms with Gasteiger partial charge < -0.3 is 13.9 Å². The number of benzene rings is 1. The molecule has 2 atom stereocenters. The zero-order chi connectivity index (χ0) is 17.4. The number of nitrogens with zero attached hydrogens (tertiary/aromatic N) is 1. The molecule has 0 aliphatic carbocycles. The second-order valence-corrected chi connectivity index (χ2v) is 5.68. The molecule has 2 aromatic heterocycles. The third-order valence-electron chi connectivity index (χ3n) is 4.22. The molecule has 1 aromatic carbocycles. The molecule has 6 nitrogen and oxygen atoms in total. The molecule has 3 aromatic rings. The Morgan fingerprint density at radius 3 is 2.84 bits per heavy atom. The maximum Gasteiger partial charge on any atom is 0.348 e. The van der Waals surface area contributed by atoms with Crippen LogP contribution in [0, 0.1) is 0 Å². The van der Waals surface area contributed by atoms with Crippen molar-refractivity contribution in [2.75, 3.05) is 6.61 Å². The van der Waals surface area contributed by atoms with E-state index in [9.17, 15) is 9.59 Å². The Morgan fingerprint density at radius 2 is 2.08 bits per heavy atom. The first-order valence-corrected chi connectivity index (χ1v) is 7.99. The summed E-state index contributed by atoms with van der Waals surface area (Å²) in [5.41, 5.74) is 0.918. The molecule has 1 aliphatic heterocycles. The van der Waals surface area contributed by atoms with Gasteiger partial charge in [0.05, 0.1) is 23.5 Å². The van der Waals surface area contributed by atoms with Gasteiger partial charge in [-0.15, -0.1) is 0 Å². The van der Waals surface area contributed by atoms with Crippen LogP contribution in [0.15, 0.2) is 58.0 Å². The van der Waals surface area contributed by atoms with Gasteiger partial charge in [0, 0.05) is 12.4 Å². The summed E-state index contributed by atoms with van der Waals surface area (Å²) in [5, 5.41) is 0.651. The van der Waals surface area contributed by atoms with Crippen molar-refractivity contribution in [3.8, 4) is 5.75 Å². The molecular weight excluding hydrogens is 322 g/mol. The Kier molecular flexibility index (Phi) is 3.72. The fraction of sp³-hybridized carbons (Fsp3) is 0.211. The van der Waals surface area contributed by atoms with E-state index in [0.717, 1.165) is 0 Å². The molecule has 126 valence electrons. The molecule has 0 bridgehead atoms. The highest BCUT2D eigenvalue weighted by Gasteiger charge is 2.45. The third-order valence-corrected chi connectivity index (χ3v) is 4.22. The van der Waals surface area contributed by atoms with Gasteiger partial charge in [-0.2, -0.15) is 0 Å². The SMILES string of the molecule is CCOC(=O)[C@H]1Oc2c(c(=O)oc3ccccc23)[C@H]1c1cccnc1. The normalized spacial score (nSPS) is 18.6. The van der Waals surface area contributed by atoms with E-state index in [2.05, 4.69) is 4.98 Å². The van der Waals surface area contributed by atoms with Crippen LogP contribution in [0.3, 0.4) is 0 Å². The Hall–Kier alpha value is -3.15. The quantitative estimate of drug-likeness (QED) is 0.540. The molecular formula is C19H15NO5. The van der Waals surface area contributed by atoms with E-state index >= 15 is 0 Å². The number of pyridine rings is 1.